The molecule has 2 aromatic heterocycles. The van der Waals surface area contributed by atoms with E-state index in [0.29, 0.717) is 28.7 Å². The molecule has 0 fully saturated rings. The summed E-state index contributed by atoms with van der Waals surface area (Å²) in [5, 5.41) is 9.82. The standard InChI is InChI=1S/C14H15N3O2S/c1-3-11-16-9(2)12(14(18)19)13(17-11)20-8-10-5-4-6-15-7-10/h4-7H,3,8H2,1-2H3,(H,18,19). The van der Waals surface area contributed by atoms with E-state index in [1.807, 2.05) is 19.1 Å². The summed E-state index contributed by atoms with van der Waals surface area (Å²) in [5.41, 5.74) is 1.73. The van der Waals surface area contributed by atoms with Gasteiger partial charge in [0.05, 0.1) is 5.69 Å². The number of hydrogen-bond donors (Lipinski definition) is 1. The summed E-state index contributed by atoms with van der Waals surface area (Å²) < 4.78 is 0. The van der Waals surface area contributed by atoms with Gasteiger partial charge in [0, 0.05) is 24.6 Å². The number of hydrogen-bond acceptors (Lipinski definition) is 5. The highest BCUT2D eigenvalue weighted by atomic mass is 32.2. The number of aromatic nitrogens is 3. The number of carboxylic acid groups (broad SMARTS) is 1. The van der Waals surface area contributed by atoms with Gasteiger partial charge >= 0.3 is 5.97 Å². The lowest BCUT2D eigenvalue weighted by Gasteiger charge is -2.09. The average molecular weight is 289 g/mol. The summed E-state index contributed by atoms with van der Waals surface area (Å²) in [6.07, 6.45) is 4.16. The maximum absolute atomic E-state index is 11.3. The van der Waals surface area contributed by atoms with Crippen LogP contribution < -0.4 is 0 Å². The predicted molar refractivity (Wildman–Crippen MR) is 76.9 cm³/mol. The average Bonchev–Trinajstić information content (AvgIpc) is 2.45. The normalized spacial score (nSPS) is 10.5. The van der Waals surface area contributed by atoms with E-state index in [1.165, 1.54) is 11.8 Å². The van der Waals surface area contributed by atoms with Crippen LogP contribution in [0.1, 0.15) is 34.4 Å². The first-order valence-corrected chi connectivity index (χ1v) is 7.23. The van der Waals surface area contributed by atoms with Crippen LogP contribution in [0, 0.1) is 6.92 Å². The van der Waals surface area contributed by atoms with Crippen molar-refractivity contribution >= 4 is 17.7 Å². The molecule has 0 aromatic carbocycles. The van der Waals surface area contributed by atoms with Crippen molar-refractivity contribution in [2.24, 2.45) is 0 Å². The molecule has 0 unspecified atom stereocenters. The van der Waals surface area contributed by atoms with Crippen LogP contribution in [0.25, 0.3) is 0 Å². The van der Waals surface area contributed by atoms with Gasteiger partial charge in [-0.05, 0) is 18.6 Å². The first-order chi connectivity index (χ1) is 9.61. The SMILES string of the molecule is CCc1nc(C)c(C(=O)O)c(SCc2cccnc2)n1. The van der Waals surface area contributed by atoms with Crippen LogP contribution in [0.3, 0.4) is 0 Å². The molecule has 2 rings (SSSR count). The summed E-state index contributed by atoms with van der Waals surface area (Å²) in [5.74, 6) is 0.313. The molecule has 0 saturated carbocycles. The maximum atomic E-state index is 11.3. The Balaban J connectivity index is 2.29. The van der Waals surface area contributed by atoms with Crippen molar-refractivity contribution in [3.05, 3.63) is 47.2 Å². The van der Waals surface area contributed by atoms with Gasteiger partial charge in [-0.2, -0.15) is 0 Å². The zero-order valence-electron chi connectivity index (χ0n) is 11.3. The Morgan fingerprint density at radius 1 is 1.40 bits per heavy atom. The molecule has 0 aliphatic rings. The minimum atomic E-state index is -0.987. The molecule has 0 saturated heterocycles. The first-order valence-electron chi connectivity index (χ1n) is 6.24. The fourth-order valence-electron chi connectivity index (χ4n) is 1.75. The van der Waals surface area contributed by atoms with E-state index in [0.717, 1.165) is 5.56 Å². The molecule has 0 atom stereocenters. The lowest BCUT2D eigenvalue weighted by atomic mass is 10.2. The summed E-state index contributed by atoms with van der Waals surface area (Å²) in [7, 11) is 0. The zero-order valence-corrected chi connectivity index (χ0v) is 12.1. The Morgan fingerprint density at radius 3 is 2.80 bits per heavy atom. The van der Waals surface area contributed by atoms with Crippen molar-refractivity contribution in [2.45, 2.75) is 31.0 Å². The lowest BCUT2D eigenvalue weighted by molar-refractivity contribution is 0.0690. The highest BCUT2D eigenvalue weighted by molar-refractivity contribution is 7.98. The lowest BCUT2D eigenvalue weighted by Crippen LogP contribution is -2.09. The molecule has 0 radical (unpaired) electrons. The second-order valence-electron chi connectivity index (χ2n) is 4.21. The van der Waals surface area contributed by atoms with Gasteiger partial charge in [-0.3, -0.25) is 4.98 Å². The molecule has 20 heavy (non-hydrogen) atoms. The van der Waals surface area contributed by atoms with Crippen molar-refractivity contribution in [1.29, 1.82) is 0 Å². The van der Waals surface area contributed by atoms with Crippen molar-refractivity contribution in [3.63, 3.8) is 0 Å². The summed E-state index contributed by atoms with van der Waals surface area (Å²) in [6.45, 7) is 3.66. The molecule has 0 aliphatic carbocycles. The minimum absolute atomic E-state index is 0.191. The van der Waals surface area contributed by atoms with E-state index in [-0.39, 0.29) is 5.56 Å². The van der Waals surface area contributed by atoms with Gasteiger partial charge in [-0.1, -0.05) is 13.0 Å². The summed E-state index contributed by atoms with van der Waals surface area (Å²) in [4.78, 5) is 23.9. The van der Waals surface area contributed by atoms with Crippen molar-refractivity contribution in [1.82, 2.24) is 15.0 Å². The Bertz CT molecular complexity index is 617. The van der Waals surface area contributed by atoms with Gasteiger partial charge in [-0.25, -0.2) is 14.8 Å². The Morgan fingerprint density at radius 2 is 2.20 bits per heavy atom. The minimum Gasteiger partial charge on any atom is -0.478 e. The molecule has 2 heterocycles. The van der Waals surface area contributed by atoms with Gasteiger partial charge in [0.15, 0.2) is 0 Å². The van der Waals surface area contributed by atoms with Gasteiger partial charge in [0.1, 0.15) is 16.4 Å². The van der Waals surface area contributed by atoms with Crippen LogP contribution >= 0.6 is 11.8 Å². The molecular weight excluding hydrogens is 274 g/mol. The van der Waals surface area contributed by atoms with E-state index in [1.54, 1.807) is 19.3 Å². The Hall–Kier alpha value is -1.95. The van der Waals surface area contributed by atoms with Gasteiger partial charge < -0.3 is 5.11 Å². The number of carbonyl (C=O) groups is 1. The highest BCUT2D eigenvalue weighted by Gasteiger charge is 2.18. The maximum Gasteiger partial charge on any atom is 0.340 e. The van der Waals surface area contributed by atoms with E-state index in [9.17, 15) is 9.90 Å². The number of pyridine rings is 1. The Kier molecular flexibility index (Phi) is 4.68. The van der Waals surface area contributed by atoms with E-state index in [2.05, 4.69) is 15.0 Å². The quantitative estimate of drug-likeness (QED) is 0.673. The van der Waals surface area contributed by atoms with Crippen molar-refractivity contribution < 1.29 is 9.90 Å². The number of rotatable bonds is 5. The van der Waals surface area contributed by atoms with Crippen LogP contribution in [0.4, 0.5) is 0 Å². The molecule has 0 bridgehead atoms. The van der Waals surface area contributed by atoms with E-state index in [4.69, 9.17) is 0 Å². The monoisotopic (exact) mass is 289 g/mol. The second kappa shape index (κ2) is 6.47. The van der Waals surface area contributed by atoms with Crippen LogP contribution in [0.5, 0.6) is 0 Å². The number of aryl methyl sites for hydroxylation is 2. The Labute approximate surface area is 121 Å². The largest absolute Gasteiger partial charge is 0.478 e. The second-order valence-corrected chi connectivity index (χ2v) is 5.18. The fourth-order valence-corrected chi connectivity index (χ4v) is 2.77. The third kappa shape index (κ3) is 3.33. The highest BCUT2D eigenvalue weighted by Crippen LogP contribution is 2.26. The third-order valence-corrected chi connectivity index (χ3v) is 3.78. The molecule has 1 N–H and O–H groups in total. The molecular formula is C14H15N3O2S. The topological polar surface area (TPSA) is 76.0 Å². The van der Waals surface area contributed by atoms with Gasteiger partial charge in [0.2, 0.25) is 0 Å². The van der Waals surface area contributed by atoms with Crippen molar-refractivity contribution in [3.8, 4) is 0 Å². The number of aromatic carboxylic acids is 1. The zero-order chi connectivity index (χ0) is 14.5. The van der Waals surface area contributed by atoms with Gasteiger partial charge in [0.25, 0.3) is 0 Å². The smallest absolute Gasteiger partial charge is 0.340 e. The van der Waals surface area contributed by atoms with Gasteiger partial charge in [-0.15, -0.1) is 11.8 Å². The molecule has 0 amide bonds. The molecule has 0 spiro atoms. The molecule has 5 nitrogen and oxygen atoms in total. The van der Waals surface area contributed by atoms with Crippen LogP contribution in [-0.4, -0.2) is 26.0 Å². The van der Waals surface area contributed by atoms with Crippen LogP contribution in [0.15, 0.2) is 29.6 Å². The number of carboxylic acids is 1. The molecule has 2 aromatic rings. The van der Waals surface area contributed by atoms with Crippen molar-refractivity contribution in [2.75, 3.05) is 0 Å². The number of nitrogens with zero attached hydrogens (tertiary/aromatic N) is 3. The molecule has 0 aliphatic heterocycles. The third-order valence-electron chi connectivity index (χ3n) is 2.73. The van der Waals surface area contributed by atoms with Crippen LogP contribution in [-0.2, 0) is 12.2 Å². The van der Waals surface area contributed by atoms with E-state index < -0.39 is 5.97 Å². The number of thioether (sulfide) groups is 1. The van der Waals surface area contributed by atoms with E-state index >= 15 is 0 Å². The van der Waals surface area contributed by atoms with Crippen LogP contribution in [0.2, 0.25) is 0 Å². The summed E-state index contributed by atoms with van der Waals surface area (Å²) >= 11 is 1.40. The molecule has 6 heteroatoms. The fraction of sp³-hybridized carbons (Fsp3) is 0.286. The first kappa shape index (κ1) is 14.5. The summed E-state index contributed by atoms with van der Waals surface area (Å²) in [6, 6.07) is 3.81. The molecule has 104 valence electrons. The predicted octanol–water partition coefficient (Wildman–Crippen LogP) is 2.73.